The number of nitrogens with two attached hydrogens (primary N) is 1. The number of carboxylic acid groups (broad SMARTS) is 2. The number of hydrogen-bond acceptors (Lipinski definition) is 9. The summed E-state index contributed by atoms with van der Waals surface area (Å²) in [5, 5.41) is 44.2. The Morgan fingerprint density at radius 1 is 0.971 bits per heavy atom. The topological polar surface area (TPSA) is 257 Å². The summed E-state index contributed by atoms with van der Waals surface area (Å²) in [4.78, 5) is 66.4. The van der Waals surface area contributed by atoms with Crippen molar-refractivity contribution in [3.05, 3.63) is 18.2 Å². The van der Waals surface area contributed by atoms with Crippen LogP contribution in [0.4, 0.5) is 0 Å². The van der Waals surface area contributed by atoms with Crippen molar-refractivity contribution in [2.75, 3.05) is 0 Å². The van der Waals surface area contributed by atoms with Crippen molar-refractivity contribution in [2.24, 2.45) is 5.73 Å². The SMILES string of the molecule is CC(O)C(N)C(=O)NC(C(=O)NC(Cc1cnc[nH]1)C(=O)NC(CCC(=O)O)C(=O)O)C(C)O. The van der Waals surface area contributed by atoms with Gasteiger partial charge in [-0.3, -0.25) is 19.2 Å². The van der Waals surface area contributed by atoms with Gasteiger partial charge in [0, 0.05) is 24.7 Å². The molecule has 1 aromatic heterocycles. The van der Waals surface area contributed by atoms with Crippen LogP contribution in [0.2, 0.25) is 0 Å². The van der Waals surface area contributed by atoms with Crippen molar-refractivity contribution in [3.63, 3.8) is 0 Å². The molecule has 0 saturated carbocycles. The number of imidazole rings is 1. The average Bonchev–Trinajstić information content (AvgIpc) is 3.25. The van der Waals surface area contributed by atoms with Gasteiger partial charge in [0.25, 0.3) is 0 Å². The molecule has 0 aliphatic rings. The van der Waals surface area contributed by atoms with E-state index in [4.69, 9.17) is 10.8 Å². The number of hydrogen-bond donors (Lipinski definition) is 9. The number of aromatic nitrogens is 2. The first-order chi connectivity index (χ1) is 15.8. The Morgan fingerprint density at radius 2 is 1.59 bits per heavy atom. The number of nitrogens with one attached hydrogen (secondary N) is 4. The van der Waals surface area contributed by atoms with Gasteiger partial charge in [-0.2, -0.15) is 0 Å². The quantitative estimate of drug-likeness (QED) is 0.124. The summed E-state index contributed by atoms with van der Waals surface area (Å²) >= 11 is 0. The Labute approximate surface area is 194 Å². The number of carboxylic acids is 2. The van der Waals surface area contributed by atoms with Crippen molar-refractivity contribution in [1.29, 1.82) is 0 Å². The summed E-state index contributed by atoms with van der Waals surface area (Å²) in [5.74, 6) is -5.59. The maximum Gasteiger partial charge on any atom is 0.326 e. The van der Waals surface area contributed by atoms with Gasteiger partial charge in [-0.25, -0.2) is 9.78 Å². The van der Waals surface area contributed by atoms with E-state index < -0.39 is 78.9 Å². The van der Waals surface area contributed by atoms with Crippen LogP contribution in [0.3, 0.4) is 0 Å². The highest BCUT2D eigenvalue weighted by atomic mass is 16.4. The molecule has 0 aliphatic heterocycles. The van der Waals surface area contributed by atoms with Gasteiger partial charge in [-0.05, 0) is 20.3 Å². The molecule has 10 N–H and O–H groups in total. The first-order valence-corrected chi connectivity index (χ1v) is 10.3. The van der Waals surface area contributed by atoms with Crippen LogP contribution in [0.25, 0.3) is 0 Å². The third kappa shape index (κ3) is 9.13. The normalized spacial score (nSPS) is 16.3. The molecule has 3 amide bonds. The second kappa shape index (κ2) is 13.2. The van der Waals surface area contributed by atoms with Crippen molar-refractivity contribution >= 4 is 29.7 Å². The minimum absolute atomic E-state index is 0.170. The first-order valence-electron chi connectivity index (χ1n) is 10.3. The van der Waals surface area contributed by atoms with Gasteiger partial charge >= 0.3 is 11.9 Å². The molecule has 15 nitrogen and oxygen atoms in total. The highest BCUT2D eigenvalue weighted by Crippen LogP contribution is 2.05. The monoisotopic (exact) mass is 486 g/mol. The van der Waals surface area contributed by atoms with Crippen LogP contribution in [0.1, 0.15) is 32.4 Å². The van der Waals surface area contributed by atoms with E-state index in [1.165, 1.54) is 26.4 Å². The van der Waals surface area contributed by atoms with Crippen molar-refractivity contribution in [2.45, 2.75) is 69.5 Å². The van der Waals surface area contributed by atoms with Crippen molar-refractivity contribution < 1.29 is 44.4 Å². The Kier molecular flexibility index (Phi) is 11.1. The molecular formula is C19H30N6O9. The third-order valence-electron chi connectivity index (χ3n) is 4.76. The number of nitrogens with zero attached hydrogens (tertiary/aromatic N) is 1. The highest BCUT2D eigenvalue weighted by Gasteiger charge is 2.33. The molecule has 1 rings (SSSR count). The fraction of sp³-hybridized carbons (Fsp3) is 0.579. The maximum absolute atomic E-state index is 12.8. The van der Waals surface area contributed by atoms with E-state index in [2.05, 4.69) is 25.9 Å². The summed E-state index contributed by atoms with van der Waals surface area (Å²) in [6.07, 6.45) is -1.08. The molecule has 1 aromatic rings. The Hall–Kier alpha value is -3.56. The summed E-state index contributed by atoms with van der Waals surface area (Å²) in [6, 6.07) is -5.87. The van der Waals surface area contributed by atoms with Gasteiger partial charge < -0.3 is 47.1 Å². The lowest BCUT2D eigenvalue weighted by atomic mass is 10.1. The lowest BCUT2D eigenvalue weighted by Gasteiger charge is -2.26. The van der Waals surface area contributed by atoms with Crippen molar-refractivity contribution in [3.8, 4) is 0 Å². The summed E-state index contributed by atoms with van der Waals surface area (Å²) in [6.45, 7) is 2.46. The second-order valence-corrected chi connectivity index (χ2v) is 7.67. The third-order valence-corrected chi connectivity index (χ3v) is 4.76. The molecule has 6 unspecified atom stereocenters. The molecule has 0 saturated heterocycles. The number of aromatic amines is 1. The van der Waals surface area contributed by atoms with E-state index in [0.29, 0.717) is 5.69 Å². The van der Waals surface area contributed by atoms with Crippen LogP contribution >= 0.6 is 0 Å². The average molecular weight is 486 g/mol. The smallest absolute Gasteiger partial charge is 0.326 e. The van der Waals surface area contributed by atoms with E-state index in [1.54, 1.807) is 0 Å². The number of carbonyl (C=O) groups is 5. The number of amides is 3. The van der Waals surface area contributed by atoms with Crippen LogP contribution in [0.5, 0.6) is 0 Å². The number of rotatable bonds is 14. The zero-order valence-electron chi connectivity index (χ0n) is 18.6. The fourth-order valence-corrected chi connectivity index (χ4v) is 2.76. The molecule has 0 radical (unpaired) electrons. The molecule has 6 atom stereocenters. The van der Waals surface area contributed by atoms with E-state index in [9.17, 15) is 39.3 Å². The summed E-state index contributed by atoms with van der Waals surface area (Å²) < 4.78 is 0. The largest absolute Gasteiger partial charge is 0.481 e. The molecule has 0 aromatic carbocycles. The van der Waals surface area contributed by atoms with Crippen LogP contribution in [0.15, 0.2) is 12.5 Å². The highest BCUT2D eigenvalue weighted by molar-refractivity contribution is 5.94. The van der Waals surface area contributed by atoms with E-state index in [-0.39, 0.29) is 6.42 Å². The lowest BCUT2D eigenvalue weighted by molar-refractivity contribution is -0.143. The van der Waals surface area contributed by atoms with E-state index in [0.717, 1.165) is 0 Å². The zero-order chi connectivity index (χ0) is 26.0. The summed E-state index contributed by atoms with van der Waals surface area (Å²) in [5.41, 5.74) is 5.93. The van der Waals surface area contributed by atoms with Crippen LogP contribution < -0.4 is 21.7 Å². The van der Waals surface area contributed by atoms with Crippen LogP contribution in [-0.4, -0.2) is 96.4 Å². The molecule has 0 aliphatic carbocycles. The standard InChI is InChI=1S/C19H30N6O9/c1-8(26)14(20)17(31)25-15(9(2)27)18(32)24-12(5-10-6-21-7-22-10)16(30)23-11(19(33)34)3-4-13(28)29/h6-9,11-12,14-15,26-27H,3-5,20H2,1-2H3,(H,21,22)(H,23,30)(H,24,32)(H,25,31)(H,28,29)(H,33,34). The van der Waals surface area contributed by atoms with E-state index >= 15 is 0 Å². The molecule has 0 fully saturated rings. The molecule has 15 heteroatoms. The molecule has 190 valence electrons. The zero-order valence-corrected chi connectivity index (χ0v) is 18.6. The van der Waals surface area contributed by atoms with Gasteiger partial charge in [0.15, 0.2) is 0 Å². The Morgan fingerprint density at radius 3 is 2.06 bits per heavy atom. The molecule has 34 heavy (non-hydrogen) atoms. The number of aliphatic hydroxyl groups excluding tert-OH is 2. The van der Waals surface area contributed by atoms with Crippen LogP contribution in [-0.2, 0) is 30.4 Å². The number of aliphatic hydroxyl groups is 2. The first kappa shape index (κ1) is 28.5. The van der Waals surface area contributed by atoms with Gasteiger partial charge in [-0.1, -0.05) is 0 Å². The lowest BCUT2D eigenvalue weighted by Crippen LogP contribution is -2.61. The molecular weight excluding hydrogens is 456 g/mol. The summed E-state index contributed by atoms with van der Waals surface area (Å²) in [7, 11) is 0. The Bertz CT molecular complexity index is 858. The Balaban J connectivity index is 3.04. The number of carbonyl (C=O) groups excluding carboxylic acids is 3. The number of H-pyrrole nitrogens is 1. The minimum Gasteiger partial charge on any atom is -0.481 e. The van der Waals surface area contributed by atoms with Gasteiger partial charge in [0.05, 0.1) is 18.5 Å². The predicted octanol–water partition coefficient (Wildman–Crippen LogP) is -3.56. The second-order valence-electron chi connectivity index (χ2n) is 7.67. The molecule has 0 spiro atoms. The van der Waals surface area contributed by atoms with Gasteiger partial charge in [0.1, 0.15) is 24.2 Å². The molecule has 0 bridgehead atoms. The van der Waals surface area contributed by atoms with Crippen molar-refractivity contribution in [1.82, 2.24) is 25.9 Å². The van der Waals surface area contributed by atoms with Gasteiger partial charge in [0.2, 0.25) is 17.7 Å². The maximum atomic E-state index is 12.8. The van der Waals surface area contributed by atoms with Crippen LogP contribution in [0, 0.1) is 0 Å². The van der Waals surface area contributed by atoms with E-state index in [1.807, 2.05) is 0 Å². The fourth-order valence-electron chi connectivity index (χ4n) is 2.76. The number of aliphatic carboxylic acids is 2. The van der Waals surface area contributed by atoms with Gasteiger partial charge in [-0.15, -0.1) is 0 Å². The molecule has 1 heterocycles. The predicted molar refractivity (Wildman–Crippen MR) is 114 cm³/mol. The minimum atomic E-state index is -1.56.